The predicted molar refractivity (Wildman–Crippen MR) is 86.1 cm³/mol. The molecular weight excluding hydrogens is 260 g/mol. The Kier molecular flexibility index (Phi) is 4.41. The van der Waals surface area contributed by atoms with Gasteiger partial charge in [0.1, 0.15) is 5.76 Å². The highest BCUT2D eigenvalue weighted by Gasteiger charge is 2.43. The number of nitrogens with zero attached hydrogens (tertiary/aromatic N) is 1. The minimum Gasteiger partial charge on any atom is -0.468 e. The molecule has 2 atom stereocenters. The molecular formula is C18H30N2O. The van der Waals surface area contributed by atoms with Crippen LogP contribution in [0.1, 0.15) is 52.2 Å². The fourth-order valence-corrected chi connectivity index (χ4v) is 4.06. The van der Waals surface area contributed by atoms with E-state index in [-0.39, 0.29) is 0 Å². The zero-order chi connectivity index (χ0) is 14.9. The molecule has 118 valence electrons. The lowest BCUT2D eigenvalue weighted by Gasteiger charge is -2.34. The number of nitrogens with one attached hydrogen (secondary N) is 1. The molecule has 2 fully saturated rings. The van der Waals surface area contributed by atoms with E-state index in [2.05, 4.69) is 37.1 Å². The topological polar surface area (TPSA) is 28.4 Å². The van der Waals surface area contributed by atoms with Crippen molar-refractivity contribution in [2.75, 3.05) is 13.1 Å². The molecule has 3 rings (SSSR count). The van der Waals surface area contributed by atoms with Crippen LogP contribution < -0.4 is 5.32 Å². The predicted octanol–water partition coefficient (Wildman–Crippen LogP) is 3.66. The van der Waals surface area contributed by atoms with E-state index < -0.39 is 0 Å². The lowest BCUT2D eigenvalue weighted by Crippen LogP contribution is -2.46. The van der Waals surface area contributed by atoms with Crippen molar-refractivity contribution in [3.05, 3.63) is 24.2 Å². The van der Waals surface area contributed by atoms with Gasteiger partial charge >= 0.3 is 0 Å². The Morgan fingerprint density at radius 2 is 2.14 bits per heavy atom. The molecule has 0 aliphatic heterocycles. The molecule has 3 nitrogen and oxygen atoms in total. The molecule has 1 N–H and O–H groups in total. The lowest BCUT2D eigenvalue weighted by molar-refractivity contribution is 0.164. The summed E-state index contributed by atoms with van der Waals surface area (Å²) in [6.07, 6.45) is 7.21. The van der Waals surface area contributed by atoms with E-state index in [1.54, 1.807) is 6.26 Å². The normalized spacial score (nSPS) is 28.4. The molecule has 0 radical (unpaired) electrons. The maximum absolute atomic E-state index is 5.56. The number of hydrogen-bond donors (Lipinski definition) is 1. The van der Waals surface area contributed by atoms with Gasteiger partial charge in [0.05, 0.1) is 12.8 Å². The highest BCUT2D eigenvalue weighted by Crippen LogP contribution is 2.42. The van der Waals surface area contributed by atoms with Gasteiger partial charge in [0.25, 0.3) is 0 Å². The van der Waals surface area contributed by atoms with Crippen molar-refractivity contribution in [1.82, 2.24) is 10.2 Å². The molecule has 0 saturated heterocycles. The van der Waals surface area contributed by atoms with Gasteiger partial charge in [-0.15, -0.1) is 0 Å². The molecule has 2 aliphatic rings. The van der Waals surface area contributed by atoms with E-state index >= 15 is 0 Å². The first-order valence-corrected chi connectivity index (χ1v) is 8.60. The molecule has 2 saturated carbocycles. The molecule has 0 aromatic carbocycles. The van der Waals surface area contributed by atoms with Crippen molar-refractivity contribution in [1.29, 1.82) is 0 Å². The summed E-state index contributed by atoms with van der Waals surface area (Å²) in [4.78, 5) is 2.66. The van der Waals surface area contributed by atoms with Gasteiger partial charge in [-0.1, -0.05) is 20.8 Å². The molecule has 0 spiro atoms. The summed E-state index contributed by atoms with van der Waals surface area (Å²) in [6, 6.07) is 5.55. The van der Waals surface area contributed by atoms with Crippen LogP contribution in [0.3, 0.4) is 0 Å². The molecule has 3 heteroatoms. The molecule has 1 aromatic rings. The Morgan fingerprint density at radius 1 is 1.33 bits per heavy atom. The second-order valence-electron chi connectivity index (χ2n) is 7.56. The quantitative estimate of drug-likeness (QED) is 0.831. The van der Waals surface area contributed by atoms with Gasteiger partial charge in [-0.2, -0.15) is 0 Å². The van der Waals surface area contributed by atoms with Gasteiger partial charge in [0.15, 0.2) is 0 Å². The monoisotopic (exact) mass is 290 g/mol. The average molecular weight is 290 g/mol. The fraction of sp³-hybridized carbons (Fsp3) is 0.778. The van der Waals surface area contributed by atoms with Crippen LogP contribution in [0.5, 0.6) is 0 Å². The molecule has 2 unspecified atom stereocenters. The van der Waals surface area contributed by atoms with E-state index in [0.29, 0.717) is 11.5 Å². The molecule has 0 amide bonds. The van der Waals surface area contributed by atoms with E-state index in [1.165, 1.54) is 32.2 Å². The van der Waals surface area contributed by atoms with Gasteiger partial charge < -0.3 is 9.73 Å². The van der Waals surface area contributed by atoms with Crippen LogP contribution >= 0.6 is 0 Å². The van der Waals surface area contributed by atoms with Crippen LogP contribution in [0.2, 0.25) is 0 Å². The van der Waals surface area contributed by atoms with Crippen molar-refractivity contribution in [3.63, 3.8) is 0 Å². The smallest absolute Gasteiger partial charge is 0.117 e. The SMILES string of the molecule is CCNC1C(CN(Cc2ccco2)C2CC2)CCC1(C)C. The molecule has 1 heterocycles. The van der Waals surface area contributed by atoms with Gasteiger partial charge in [0, 0.05) is 18.6 Å². The maximum Gasteiger partial charge on any atom is 0.117 e. The number of hydrogen-bond acceptors (Lipinski definition) is 3. The van der Waals surface area contributed by atoms with Gasteiger partial charge in [0.2, 0.25) is 0 Å². The van der Waals surface area contributed by atoms with Crippen molar-refractivity contribution in [2.24, 2.45) is 11.3 Å². The summed E-state index contributed by atoms with van der Waals surface area (Å²) in [5.74, 6) is 1.88. The second kappa shape index (κ2) is 6.13. The summed E-state index contributed by atoms with van der Waals surface area (Å²) in [5, 5.41) is 3.76. The van der Waals surface area contributed by atoms with Crippen LogP contribution in [0.4, 0.5) is 0 Å². The third-order valence-electron chi connectivity index (χ3n) is 5.37. The number of furan rings is 1. The Morgan fingerprint density at radius 3 is 2.76 bits per heavy atom. The van der Waals surface area contributed by atoms with Gasteiger partial charge in [-0.25, -0.2) is 0 Å². The van der Waals surface area contributed by atoms with E-state index in [1.807, 2.05) is 6.07 Å². The average Bonchev–Trinajstić information content (AvgIpc) is 3.10. The first kappa shape index (κ1) is 15.1. The van der Waals surface area contributed by atoms with Crippen molar-refractivity contribution >= 4 is 0 Å². The third kappa shape index (κ3) is 3.51. The summed E-state index contributed by atoms with van der Waals surface area (Å²) in [6.45, 7) is 10.3. The standard InChI is InChI=1S/C18H30N2O/c1-4-19-17-14(9-10-18(17,2)3)12-20(15-7-8-15)13-16-6-5-11-21-16/h5-6,11,14-15,17,19H,4,7-10,12-13H2,1-3H3. The highest BCUT2D eigenvalue weighted by atomic mass is 16.3. The zero-order valence-electron chi connectivity index (χ0n) is 13.8. The van der Waals surface area contributed by atoms with Crippen molar-refractivity contribution in [2.45, 2.75) is 65.1 Å². The summed E-state index contributed by atoms with van der Waals surface area (Å²) < 4.78 is 5.56. The second-order valence-corrected chi connectivity index (χ2v) is 7.56. The number of rotatable bonds is 7. The van der Waals surface area contributed by atoms with E-state index in [4.69, 9.17) is 4.42 Å². The summed E-state index contributed by atoms with van der Waals surface area (Å²) >= 11 is 0. The zero-order valence-corrected chi connectivity index (χ0v) is 13.8. The van der Waals surface area contributed by atoms with Gasteiger partial charge in [-0.3, -0.25) is 4.90 Å². The Hall–Kier alpha value is -0.800. The van der Waals surface area contributed by atoms with E-state index in [0.717, 1.165) is 30.8 Å². The largest absolute Gasteiger partial charge is 0.468 e. The maximum atomic E-state index is 5.56. The molecule has 21 heavy (non-hydrogen) atoms. The van der Waals surface area contributed by atoms with Crippen LogP contribution in [-0.4, -0.2) is 30.1 Å². The highest BCUT2D eigenvalue weighted by molar-refractivity contribution is 5.02. The Balaban J connectivity index is 1.65. The molecule has 1 aromatic heterocycles. The minimum atomic E-state index is 0.431. The van der Waals surface area contributed by atoms with Crippen LogP contribution in [0.25, 0.3) is 0 Å². The Labute approximate surface area is 129 Å². The van der Waals surface area contributed by atoms with Crippen LogP contribution in [0, 0.1) is 11.3 Å². The van der Waals surface area contributed by atoms with Crippen LogP contribution in [-0.2, 0) is 6.54 Å². The summed E-state index contributed by atoms with van der Waals surface area (Å²) in [7, 11) is 0. The molecule has 0 bridgehead atoms. The first-order valence-electron chi connectivity index (χ1n) is 8.60. The minimum absolute atomic E-state index is 0.431. The van der Waals surface area contributed by atoms with Crippen molar-refractivity contribution < 1.29 is 4.42 Å². The Bertz CT molecular complexity index is 436. The molecule has 2 aliphatic carbocycles. The summed E-state index contributed by atoms with van der Waals surface area (Å²) in [5.41, 5.74) is 0.431. The lowest BCUT2D eigenvalue weighted by atomic mass is 9.84. The van der Waals surface area contributed by atoms with Gasteiger partial charge in [-0.05, 0) is 55.7 Å². The van der Waals surface area contributed by atoms with Crippen LogP contribution in [0.15, 0.2) is 22.8 Å². The van der Waals surface area contributed by atoms with E-state index in [9.17, 15) is 0 Å². The van der Waals surface area contributed by atoms with Crippen molar-refractivity contribution in [3.8, 4) is 0 Å². The fourth-order valence-electron chi connectivity index (χ4n) is 4.06. The first-order chi connectivity index (χ1) is 10.1. The third-order valence-corrected chi connectivity index (χ3v) is 5.37.